The van der Waals surface area contributed by atoms with Crippen molar-refractivity contribution in [2.24, 2.45) is 0 Å². The number of nitrogens with one attached hydrogen (secondary N) is 1. The number of carbonyl (C=O) groups is 1. The van der Waals surface area contributed by atoms with Crippen LogP contribution in [0.3, 0.4) is 0 Å². The Morgan fingerprint density at radius 3 is 3.00 bits per heavy atom. The van der Waals surface area contributed by atoms with Gasteiger partial charge in [-0.1, -0.05) is 0 Å². The lowest BCUT2D eigenvalue weighted by Gasteiger charge is -2.35. The molecule has 1 aliphatic rings. The second-order valence-corrected chi connectivity index (χ2v) is 6.38. The van der Waals surface area contributed by atoms with Crippen LogP contribution in [0.2, 0.25) is 0 Å². The Balaban J connectivity index is 1.51. The van der Waals surface area contributed by atoms with Gasteiger partial charge in [0.25, 0.3) is 5.91 Å². The SMILES string of the molecule is Cc1nccnc1CCC1COCCN1C(=O)c1ccc2n[nH]nc2c1. The smallest absolute Gasteiger partial charge is 0.254 e. The number of aromatic amines is 1. The molecule has 4 rings (SSSR count). The van der Waals surface area contributed by atoms with E-state index >= 15 is 0 Å². The Kier molecular flexibility index (Phi) is 4.57. The minimum Gasteiger partial charge on any atom is -0.377 e. The first-order chi connectivity index (χ1) is 12.7. The van der Waals surface area contributed by atoms with Gasteiger partial charge < -0.3 is 9.64 Å². The molecule has 8 nitrogen and oxygen atoms in total. The number of fused-ring (bicyclic) bond motifs is 1. The summed E-state index contributed by atoms with van der Waals surface area (Å²) in [6.45, 7) is 3.63. The van der Waals surface area contributed by atoms with Crippen LogP contribution >= 0.6 is 0 Å². The summed E-state index contributed by atoms with van der Waals surface area (Å²) in [5.74, 6) is -0.000863. The van der Waals surface area contributed by atoms with Gasteiger partial charge in [-0.3, -0.25) is 14.8 Å². The zero-order valence-corrected chi connectivity index (χ0v) is 14.6. The van der Waals surface area contributed by atoms with E-state index in [-0.39, 0.29) is 11.9 Å². The van der Waals surface area contributed by atoms with Crippen molar-refractivity contribution < 1.29 is 9.53 Å². The summed E-state index contributed by atoms with van der Waals surface area (Å²) in [4.78, 5) is 23.6. The average molecular weight is 352 g/mol. The molecule has 1 aliphatic heterocycles. The predicted octanol–water partition coefficient (Wildman–Crippen LogP) is 1.53. The van der Waals surface area contributed by atoms with E-state index in [2.05, 4.69) is 25.4 Å². The van der Waals surface area contributed by atoms with Crippen LogP contribution in [-0.4, -0.2) is 62.0 Å². The first-order valence-electron chi connectivity index (χ1n) is 8.68. The first-order valence-corrected chi connectivity index (χ1v) is 8.68. The molecule has 0 radical (unpaired) electrons. The molecule has 0 aliphatic carbocycles. The van der Waals surface area contributed by atoms with Gasteiger partial charge in [0.15, 0.2) is 0 Å². The highest BCUT2D eigenvalue weighted by molar-refractivity contribution is 5.97. The fraction of sp³-hybridized carbons (Fsp3) is 0.389. The van der Waals surface area contributed by atoms with Crippen molar-refractivity contribution >= 4 is 16.9 Å². The highest BCUT2D eigenvalue weighted by Gasteiger charge is 2.28. The van der Waals surface area contributed by atoms with Gasteiger partial charge in [0.2, 0.25) is 0 Å². The molecular weight excluding hydrogens is 332 g/mol. The number of aryl methyl sites for hydroxylation is 2. The third-order valence-corrected chi connectivity index (χ3v) is 4.75. The summed E-state index contributed by atoms with van der Waals surface area (Å²) < 4.78 is 5.62. The quantitative estimate of drug-likeness (QED) is 0.765. The second-order valence-electron chi connectivity index (χ2n) is 6.38. The summed E-state index contributed by atoms with van der Waals surface area (Å²) in [5, 5.41) is 10.7. The number of hydrogen-bond donors (Lipinski definition) is 1. The normalized spacial score (nSPS) is 17.6. The largest absolute Gasteiger partial charge is 0.377 e. The minimum atomic E-state index is -0.000863. The van der Waals surface area contributed by atoms with E-state index in [4.69, 9.17) is 4.74 Å². The molecule has 1 unspecified atom stereocenters. The highest BCUT2D eigenvalue weighted by Crippen LogP contribution is 2.19. The summed E-state index contributed by atoms with van der Waals surface area (Å²) in [6, 6.07) is 5.41. The molecule has 1 fully saturated rings. The molecular formula is C18H20N6O2. The van der Waals surface area contributed by atoms with Crippen molar-refractivity contribution in [2.75, 3.05) is 19.8 Å². The number of hydrogen-bond acceptors (Lipinski definition) is 6. The van der Waals surface area contributed by atoms with Gasteiger partial charge in [-0.05, 0) is 38.0 Å². The fourth-order valence-electron chi connectivity index (χ4n) is 3.29. The predicted molar refractivity (Wildman–Crippen MR) is 94.6 cm³/mol. The molecule has 3 aromatic rings. The van der Waals surface area contributed by atoms with Crippen LogP contribution in [0, 0.1) is 6.92 Å². The zero-order valence-electron chi connectivity index (χ0n) is 14.6. The first kappa shape index (κ1) is 16.6. The van der Waals surface area contributed by atoms with E-state index in [1.807, 2.05) is 17.9 Å². The van der Waals surface area contributed by atoms with E-state index < -0.39 is 0 Å². The molecule has 8 heteroatoms. The van der Waals surface area contributed by atoms with Crippen LogP contribution in [-0.2, 0) is 11.2 Å². The number of amides is 1. The van der Waals surface area contributed by atoms with Gasteiger partial charge >= 0.3 is 0 Å². The van der Waals surface area contributed by atoms with Crippen LogP contribution in [0.15, 0.2) is 30.6 Å². The standard InChI is InChI=1S/C18H20N6O2/c1-12-15(20-7-6-19-12)5-3-14-11-26-9-8-24(14)18(25)13-2-4-16-17(10-13)22-23-21-16/h2,4,6-7,10,14H,3,5,8-9,11H2,1H3,(H,21,22,23). The Bertz CT molecular complexity index is 925. The number of nitrogens with zero attached hydrogens (tertiary/aromatic N) is 5. The Morgan fingerprint density at radius 2 is 2.12 bits per heavy atom. The lowest BCUT2D eigenvalue weighted by molar-refractivity contribution is -0.00413. The van der Waals surface area contributed by atoms with Gasteiger partial charge in [0.05, 0.1) is 30.6 Å². The number of morpholine rings is 1. The fourth-order valence-corrected chi connectivity index (χ4v) is 3.29. The van der Waals surface area contributed by atoms with Crippen LogP contribution in [0.25, 0.3) is 11.0 Å². The lowest BCUT2D eigenvalue weighted by Crippen LogP contribution is -2.48. The molecule has 1 N–H and O–H groups in total. The van der Waals surface area contributed by atoms with Gasteiger partial charge in [0, 0.05) is 24.5 Å². The number of rotatable bonds is 4. The van der Waals surface area contributed by atoms with Crippen molar-refractivity contribution in [3.05, 3.63) is 47.5 Å². The molecule has 134 valence electrons. The maximum absolute atomic E-state index is 13.0. The third-order valence-electron chi connectivity index (χ3n) is 4.75. The van der Waals surface area contributed by atoms with Crippen molar-refractivity contribution in [1.82, 2.24) is 30.3 Å². The van der Waals surface area contributed by atoms with Gasteiger partial charge in [-0.25, -0.2) is 0 Å². The van der Waals surface area contributed by atoms with Crippen molar-refractivity contribution in [2.45, 2.75) is 25.8 Å². The van der Waals surface area contributed by atoms with Gasteiger partial charge in [-0.15, -0.1) is 0 Å². The molecule has 2 aromatic heterocycles. The summed E-state index contributed by atoms with van der Waals surface area (Å²) in [6.07, 6.45) is 4.95. The molecule has 1 atom stereocenters. The molecule has 0 bridgehead atoms. The Labute approximate surface area is 150 Å². The van der Waals surface area contributed by atoms with E-state index in [0.29, 0.717) is 30.8 Å². The Morgan fingerprint density at radius 1 is 1.27 bits per heavy atom. The van der Waals surface area contributed by atoms with Crippen molar-refractivity contribution in [3.8, 4) is 0 Å². The molecule has 0 spiro atoms. The maximum atomic E-state index is 13.0. The number of carbonyl (C=O) groups excluding carboxylic acids is 1. The van der Waals surface area contributed by atoms with E-state index in [1.165, 1.54) is 0 Å². The second kappa shape index (κ2) is 7.17. The van der Waals surface area contributed by atoms with E-state index in [0.717, 1.165) is 29.7 Å². The third kappa shape index (κ3) is 3.28. The molecule has 0 saturated carbocycles. The van der Waals surface area contributed by atoms with Crippen LogP contribution in [0.1, 0.15) is 28.2 Å². The van der Waals surface area contributed by atoms with Gasteiger partial charge in [-0.2, -0.15) is 15.4 Å². The zero-order chi connectivity index (χ0) is 17.9. The van der Waals surface area contributed by atoms with Crippen LogP contribution < -0.4 is 0 Å². The van der Waals surface area contributed by atoms with Gasteiger partial charge in [0.1, 0.15) is 11.0 Å². The van der Waals surface area contributed by atoms with E-state index in [1.54, 1.807) is 24.5 Å². The summed E-state index contributed by atoms with van der Waals surface area (Å²) in [5.41, 5.74) is 3.95. The minimum absolute atomic E-state index is 0.000863. The summed E-state index contributed by atoms with van der Waals surface area (Å²) in [7, 11) is 0. The molecule has 26 heavy (non-hydrogen) atoms. The lowest BCUT2D eigenvalue weighted by atomic mass is 10.0. The van der Waals surface area contributed by atoms with E-state index in [9.17, 15) is 4.79 Å². The topological polar surface area (TPSA) is 96.9 Å². The molecule has 3 heterocycles. The monoisotopic (exact) mass is 352 g/mol. The number of H-pyrrole nitrogens is 1. The van der Waals surface area contributed by atoms with Crippen LogP contribution in [0.5, 0.6) is 0 Å². The number of aromatic nitrogens is 5. The van der Waals surface area contributed by atoms with Crippen molar-refractivity contribution in [1.29, 1.82) is 0 Å². The molecule has 1 amide bonds. The highest BCUT2D eigenvalue weighted by atomic mass is 16.5. The average Bonchev–Trinajstić information content (AvgIpc) is 3.15. The number of benzene rings is 1. The Hall–Kier alpha value is -2.87. The van der Waals surface area contributed by atoms with Crippen LogP contribution in [0.4, 0.5) is 0 Å². The molecule has 1 aromatic carbocycles. The summed E-state index contributed by atoms with van der Waals surface area (Å²) >= 11 is 0. The number of ether oxygens (including phenoxy) is 1. The van der Waals surface area contributed by atoms with Crippen molar-refractivity contribution in [3.63, 3.8) is 0 Å². The molecule has 1 saturated heterocycles. The maximum Gasteiger partial charge on any atom is 0.254 e.